The largest absolute Gasteiger partial charge is 0.311 e. The first-order valence-electron chi connectivity index (χ1n) is 3.91. The van der Waals surface area contributed by atoms with Crippen molar-refractivity contribution in [1.29, 1.82) is 0 Å². The topological polar surface area (TPSA) is 0 Å². The third-order valence-electron chi connectivity index (χ3n) is 2.34. The second-order valence-corrected chi connectivity index (χ2v) is 3.04. The average Bonchev–Trinajstić information content (AvgIpc) is 1.90. The van der Waals surface area contributed by atoms with Gasteiger partial charge in [0.05, 0.1) is 19.6 Å². The van der Waals surface area contributed by atoms with Crippen LogP contribution >= 0.6 is 0 Å². The molecule has 0 aromatic carbocycles. The van der Waals surface area contributed by atoms with Crippen LogP contribution < -0.4 is 0 Å². The summed E-state index contributed by atoms with van der Waals surface area (Å²) in [6.07, 6.45) is 4.03. The molecule has 1 aliphatic rings. The zero-order valence-corrected chi connectivity index (χ0v) is 6.27. The minimum absolute atomic E-state index is 0.819. The van der Waals surface area contributed by atoms with Crippen molar-refractivity contribution < 1.29 is 4.48 Å². The number of piperidine rings is 1. The van der Waals surface area contributed by atoms with Gasteiger partial charge in [-0.05, 0) is 26.2 Å². The molecule has 0 N–H and O–H groups in total. The maximum atomic E-state index is 6.00. The van der Waals surface area contributed by atoms with Crippen LogP contribution in [0.15, 0.2) is 0 Å². The molecule has 0 aromatic heterocycles. The van der Waals surface area contributed by atoms with Crippen molar-refractivity contribution in [3.63, 3.8) is 0 Å². The van der Waals surface area contributed by atoms with Gasteiger partial charge in [0.25, 0.3) is 0 Å². The Hall–Kier alpha value is -0.0400. The Morgan fingerprint density at radius 1 is 1.22 bits per heavy atom. The predicted molar refractivity (Wildman–Crippen MR) is 38.7 cm³/mol. The summed E-state index contributed by atoms with van der Waals surface area (Å²) in [4.78, 5) is 0. The van der Waals surface area contributed by atoms with E-state index < -0.39 is 0 Å². The van der Waals surface area contributed by atoms with Crippen molar-refractivity contribution in [2.24, 2.45) is 0 Å². The molecule has 1 fully saturated rings. The average molecular weight is 126 g/mol. The lowest BCUT2D eigenvalue weighted by molar-refractivity contribution is -0.888. The first kappa shape index (κ1) is 7.07. The second kappa shape index (κ2) is 2.70. The molecule has 1 aliphatic heterocycles. The van der Waals surface area contributed by atoms with Gasteiger partial charge in [-0.3, -0.25) is 0 Å². The van der Waals surface area contributed by atoms with E-state index >= 15 is 0 Å². The summed E-state index contributed by atoms with van der Waals surface area (Å²) in [5.74, 6) is 0. The number of hydrogen-bond donors (Lipinski definition) is 0. The molecule has 1 nitrogen and oxygen atoms in total. The van der Waals surface area contributed by atoms with Crippen LogP contribution in [0, 0.1) is 7.05 Å². The van der Waals surface area contributed by atoms with E-state index in [0.29, 0.717) is 0 Å². The first-order chi connectivity index (χ1) is 4.27. The maximum absolute atomic E-state index is 6.00. The summed E-state index contributed by atoms with van der Waals surface area (Å²) >= 11 is 0. The lowest BCUT2D eigenvalue weighted by Crippen LogP contribution is -2.45. The number of likely N-dealkylation sites (tertiary alicyclic amines) is 1. The molecule has 9 heavy (non-hydrogen) atoms. The highest BCUT2D eigenvalue weighted by molar-refractivity contribution is 4.51. The van der Waals surface area contributed by atoms with Crippen LogP contribution in [0.25, 0.3) is 0 Å². The maximum Gasteiger partial charge on any atom is 0.206 e. The third kappa shape index (κ3) is 1.68. The Bertz CT molecular complexity index is 82.6. The zero-order valence-electron chi connectivity index (χ0n) is 6.27. The predicted octanol–water partition coefficient (Wildman–Crippen LogP) is 1.68. The summed E-state index contributed by atoms with van der Waals surface area (Å²) < 4.78 is 0.819. The van der Waals surface area contributed by atoms with E-state index in [4.69, 9.17) is 7.05 Å². The molecule has 0 bridgehead atoms. The van der Waals surface area contributed by atoms with Gasteiger partial charge in [0.2, 0.25) is 7.05 Å². The first-order valence-corrected chi connectivity index (χ1v) is 3.91. The molecule has 52 valence electrons. The normalized spacial score (nSPS) is 26.0. The number of rotatable bonds is 1. The van der Waals surface area contributed by atoms with Gasteiger partial charge in [-0.15, -0.1) is 0 Å². The molecule has 1 rings (SSSR count). The Labute approximate surface area is 58.3 Å². The molecule has 0 unspecified atom stereocenters. The standard InChI is InChI=1S/C8H16N/c1-3-9(2)7-5-4-6-8-9/h2H,3-8H2,1H3/q+1. The molecule has 0 saturated carbocycles. The molecule has 1 heterocycles. The van der Waals surface area contributed by atoms with Crippen LogP contribution in [0.3, 0.4) is 0 Å². The Morgan fingerprint density at radius 3 is 2.11 bits per heavy atom. The Kier molecular flexibility index (Phi) is 2.12. The lowest BCUT2D eigenvalue weighted by atomic mass is 10.1. The van der Waals surface area contributed by atoms with E-state index in [1.807, 2.05) is 0 Å². The molecule has 1 heteroatoms. The minimum atomic E-state index is 0.819. The van der Waals surface area contributed by atoms with Gasteiger partial charge in [0.1, 0.15) is 0 Å². The highest BCUT2D eigenvalue weighted by Crippen LogP contribution is 2.16. The van der Waals surface area contributed by atoms with Gasteiger partial charge in [-0.25, -0.2) is 0 Å². The molecule has 0 aliphatic carbocycles. The fourth-order valence-corrected chi connectivity index (χ4v) is 1.46. The summed E-state index contributed by atoms with van der Waals surface area (Å²) in [7, 11) is 6.00. The quantitative estimate of drug-likeness (QED) is 0.469. The van der Waals surface area contributed by atoms with E-state index in [1.165, 1.54) is 32.4 Å². The number of hydrogen-bond acceptors (Lipinski definition) is 0. The molecule has 2 radical (unpaired) electrons. The fraction of sp³-hybridized carbons (Fsp3) is 0.875. The Balaban J connectivity index is 2.37. The van der Waals surface area contributed by atoms with E-state index in [1.54, 1.807) is 0 Å². The summed E-state index contributed by atoms with van der Waals surface area (Å²) in [5, 5.41) is 0. The second-order valence-electron chi connectivity index (χ2n) is 3.04. The molecule has 0 atom stereocenters. The van der Waals surface area contributed by atoms with Crippen LogP contribution in [0.1, 0.15) is 26.2 Å². The minimum Gasteiger partial charge on any atom is -0.311 e. The SMILES string of the molecule is [CH][N+]1(CC)CCCCC1. The van der Waals surface area contributed by atoms with E-state index in [-0.39, 0.29) is 0 Å². The van der Waals surface area contributed by atoms with E-state index in [9.17, 15) is 0 Å². The van der Waals surface area contributed by atoms with Crippen LogP contribution in [-0.4, -0.2) is 24.1 Å². The van der Waals surface area contributed by atoms with Crippen molar-refractivity contribution >= 4 is 0 Å². The monoisotopic (exact) mass is 126 g/mol. The van der Waals surface area contributed by atoms with E-state index in [2.05, 4.69) is 6.92 Å². The molecular formula is C8H16N+. The van der Waals surface area contributed by atoms with Gasteiger partial charge in [0, 0.05) is 0 Å². The van der Waals surface area contributed by atoms with Crippen molar-refractivity contribution in [2.75, 3.05) is 19.6 Å². The van der Waals surface area contributed by atoms with E-state index in [0.717, 1.165) is 11.0 Å². The molecule has 0 aromatic rings. The van der Waals surface area contributed by atoms with Gasteiger partial charge >= 0.3 is 0 Å². The van der Waals surface area contributed by atoms with Crippen LogP contribution in [0.5, 0.6) is 0 Å². The summed E-state index contributed by atoms with van der Waals surface area (Å²) in [6, 6.07) is 0. The van der Waals surface area contributed by atoms with Gasteiger partial charge in [-0.2, -0.15) is 0 Å². The summed E-state index contributed by atoms with van der Waals surface area (Å²) in [6.45, 7) is 5.65. The molecule has 1 saturated heterocycles. The highest BCUT2D eigenvalue weighted by atomic mass is 15.3. The van der Waals surface area contributed by atoms with Crippen molar-refractivity contribution in [2.45, 2.75) is 26.2 Å². The summed E-state index contributed by atoms with van der Waals surface area (Å²) in [5.41, 5.74) is 0. The van der Waals surface area contributed by atoms with Crippen LogP contribution in [-0.2, 0) is 0 Å². The van der Waals surface area contributed by atoms with Crippen molar-refractivity contribution in [1.82, 2.24) is 0 Å². The Morgan fingerprint density at radius 2 is 1.78 bits per heavy atom. The third-order valence-corrected chi connectivity index (χ3v) is 2.34. The zero-order chi connectivity index (χ0) is 6.74. The number of nitrogens with zero attached hydrogens (tertiary/aromatic N) is 1. The molecular weight excluding hydrogens is 110 g/mol. The van der Waals surface area contributed by atoms with Crippen molar-refractivity contribution in [3.8, 4) is 0 Å². The van der Waals surface area contributed by atoms with Crippen molar-refractivity contribution in [3.05, 3.63) is 7.05 Å². The molecule has 0 spiro atoms. The van der Waals surface area contributed by atoms with Gasteiger partial charge in [0.15, 0.2) is 0 Å². The van der Waals surface area contributed by atoms with Crippen LogP contribution in [0.4, 0.5) is 0 Å². The molecule has 0 amide bonds. The number of quaternary nitrogens is 1. The lowest BCUT2D eigenvalue weighted by Gasteiger charge is -2.35. The highest BCUT2D eigenvalue weighted by Gasteiger charge is 2.22. The fourth-order valence-electron chi connectivity index (χ4n) is 1.46. The van der Waals surface area contributed by atoms with Gasteiger partial charge < -0.3 is 4.48 Å². The van der Waals surface area contributed by atoms with Gasteiger partial charge in [-0.1, -0.05) is 0 Å². The smallest absolute Gasteiger partial charge is 0.206 e. The van der Waals surface area contributed by atoms with Crippen LogP contribution in [0.2, 0.25) is 0 Å².